The van der Waals surface area contributed by atoms with Gasteiger partial charge in [0.05, 0.1) is 0 Å². The molecule has 1 aliphatic carbocycles. The maximum atomic E-state index is 4.22. The second kappa shape index (κ2) is 4.81. The molecule has 0 heterocycles. The molecule has 0 aliphatic heterocycles. The summed E-state index contributed by atoms with van der Waals surface area (Å²) in [6, 6.07) is 0. The fourth-order valence-corrected chi connectivity index (χ4v) is 2.02. The average molecular weight is 258 g/mol. The third-order valence-electron chi connectivity index (χ3n) is 3.86. The van der Waals surface area contributed by atoms with Gasteiger partial charge in [-0.1, -0.05) is 86.3 Å². The molecule has 0 atom stereocenters. The van der Waals surface area contributed by atoms with Crippen LogP contribution in [0.15, 0.2) is 47.6 Å². The van der Waals surface area contributed by atoms with Crippen molar-refractivity contribution in [2.24, 2.45) is 16.2 Å². The van der Waals surface area contributed by atoms with Crippen LogP contribution in [0.25, 0.3) is 0 Å². The van der Waals surface area contributed by atoms with Gasteiger partial charge in [0.1, 0.15) is 0 Å². The molecule has 0 heteroatoms. The van der Waals surface area contributed by atoms with Crippen LogP contribution in [0.5, 0.6) is 0 Å². The summed E-state index contributed by atoms with van der Waals surface area (Å²) in [5.74, 6) is 0. The maximum Gasteiger partial charge on any atom is 0.00814 e. The Kier molecular flexibility index (Phi) is 4.06. The summed E-state index contributed by atoms with van der Waals surface area (Å²) in [6.45, 7) is 22.2. The summed E-state index contributed by atoms with van der Waals surface area (Å²) < 4.78 is 0. The minimum Gasteiger partial charge on any atom is -0.0953 e. The highest BCUT2D eigenvalue weighted by Crippen LogP contribution is 2.41. The monoisotopic (exact) mass is 258 g/mol. The predicted octanol–water partition coefficient (Wildman–Crippen LogP) is 6.08. The molecule has 19 heavy (non-hydrogen) atoms. The van der Waals surface area contributed by atoms with Crippen LogP contribution in [-0.4, -0.2) is 0 Å². The summed E-state index contributed by atoms with van der Waals surface area (Å²) in [7, 11) is 0. The second-order valence-electron chi connectivity index (χ2n) is 8.28. The molecular weight excluding hydrogens is 228 g/mol. The minimum atomic E-state index is 0.0750. The van der Waals surface area contributed by atoms with Gasteiger partial charge in [-0.2, -0.15) is 0 Å². The molecule has 0 fully saturated rings. The van der Waals surface area contributed by atoms with E-state index in [9.17, 15) is 0 Å². The van der Waals surface area contributed by atoms with Crippen molar-refractivity contribution in [3.05, 3.63) is 47.6 Å². The molecule has 0 unspecified atom stereocenters. The van der Waals surface area contributed by atoms with E-state index in [1.54, 1.807) is 0 Å². The van der Waals surface area contributed by atoms with Crippen LogP contribution in [0.3, 0.4) is 0 Å². The Morgan fingerprint density at radius 3 is 1.95 bits per heavy atom. The lowest BCUT2D eigenvalue weighted by Gasteiger charge is -2.33. The summed E-state index contributed by atoms with van der Waals surface area (Å²) in [4.78, 5) is 0. The minimum absolute atomic E-state index is 0.0750. The van der Waals surface area contributed by atoms with Gasteiger partial charge >= 0.3 is 0 Å². The van der Waals surface area contributed by atoms with Crippen molar-refractivity contribution in [3.63, 3.8) is 0 Å². The van der Waals surface area contributed by atoms with Crippen molar-refractivity contribution in [2.75, 3.05) is 0 Å². The topological polar surface area (TPSA) is 0 Å². The van der Waals surface area contributed by atoms with E-state index in [4.69, 9.17) is 0 Å². The predicted molar refractivity (Wildman–Crippen MR) is 87.1 cm³/mol. The molecule has 0 saturated carbocycles. The molecule has 0 aromatic carbocycles. The van der Waals surface area contributed by atoms with Crippen LogP contribution >= 0.6 is 0 Å². The maximum absolute atomic E-state index is 4.22. The highest BCUT2D eigenvalue weighted by atomic mass is 14.3. The van der Waals surface area contributed by atoms with E-state index in [0.29, 0.717) is 0 Å². The van der Waals surface area contributed by atoms with Crippen molar-refractivity contribution >= 4 is 0 Å². The quantitative estimate of drug-likeness (QED) is 0.534. The Balaban J connectivity index is 3.13. The molecule has 0 radical (unpaired) electrons. The molecule has 0 saturated heterocycles. The van der Waals surface area contributed by atoms with Gasteiger partial charge in [-0.25, -0.2) is 0 Å². The number of hydrogen-bond acceptors (Lipinski definition) is 0. The molecule has 0 bridgehead atoms. The SMILES string of the molecule is C=C(/C=C1/C=CC(C(C)(C)C)=CC1(C)C)C(C)(C)C. The first-order valence-electron chi connectivity index (χ1n) is 7.17. The Morgan fingerprint density at radius 2 is 1.58 bits per heavy atom. The Hall–Kier alpha value is -1.04. The van der Waals surface area contributed by atoms with Crippen LogP contribution in [-0.2, 0) is 0 Å². The summed E-state index contributed by atoms with van der Waals surface area (Å²) in [5.41, 5.74) is 4.36. The standard InChI is InChI=1S/C19H30/c1-14(17(2,3)4)12-15-10-11-16(18(5,6)7)13-19(15,8)9/h10-13H,1H2,2-9H3/b15-12-. The highest BCUT2D eigenvalue weighted by Gasteiger charge is 2.27. The number of rotatable bonds is 1. The molecule has 0 nitrogen and oxygen atoms in total. The van der Waals surface area contributed by atoms with E-state index < -0.39 is 0 Å². The first-order valence-corrected chi connectivity index (χ1v) is 7.17. The van der Waals surface area contributed by atoms with Crippen molar-refractivity contribution in [3.8, 4) is 0 Å². The van der Waals surface area contributed by atoms with E-state index in [1.807, 2.05) is 0 Å². The zero-order valence-corrected chi connectivity index (χ0v) is 14.0. The zero-order valence-electron chi connectivity index (χ0n) is 14.0. The molecule has 106 valence electrons. The third kappa shape index (κ3) is 3.96. The van der Waals surface area contributed by atoms with Crippen LogP contribution in [0.4, 0.5) is 0 Å². The molecule has 0 N–H and O–H groups in total. The van der Waals surface area contributed by atoms with Crippen molar-refractivity contribution in [2.45, 2.75) is 55.4 Å². The van der Waals surface area contributed by atoms with E-state index in [0.717, 1.165) is 0 Å². The van der Waals surface area contributed by atoms with E-state index in [-0.39, 0.29) is 16.2 Å². The highest BCUT2D eigenvalue weighted by molar-refractivity contribution is 5.46. The first kappa shape index (κ1) is 16.0. The fourth-order valence-electron chi connectivity index (χ4n) is 2.02. The van der Waals surface area contributed by atoms with E-state index in [1.165, 1.54) is 16.7 Å². The van der Waals surface area contributed by atoms with Gasteiger partial charge in [-0.3, -0.25) is 0 Å². The summed E-state index contributed by atoms with van der Waals surface area (Å²) >= 11 is 0. The first-order chi connectivity index (χ1) is 8.34. The van der Waals surface area contributed by atoms with Gasteiger partial charge in [0.15, 0.2) is 0 Å². The van der Waals surface area contributed by atoms with Crippen molar-refractivity contribution in [1.29, 1.82) is 0 Å². The van der Waals surface area contributed by atoms with E-state index in [2.05, 4.69) is 86.3 Å². The van der Waals surface area contributed by atoms with Crippen LogP contribution in [0.1, 0.15) is 55.4 Å². The van der Waals surface area contributed by atoms with Crippen molar-refractivity contribution < 1.29 is 0 Å². The normalized spacial score (nSPS) is 21.5. The lowest BCUT2D eigenvalue weighted by atomic mass is 9.72. The average Bonchev–Trinajstić information content (AvgIpc) is 2.17. The molecule has 0 amide bonds. The largest absolute Gasteiger partial charge is 0.0953 e. The number of hydrogen-bond donors (Lipinski definition) is 0. The third-order valence-corrected chi connectivity index (χ3v) is 3.86. The van der Waals surface area contributed by atoms with Gasteiger partial charge in [0.25, 0.3) is 0 Å². The summed E-state index contributed by atoms with van der Waals surface area (Å²) in [6.07, 6.45) is 9.17. The smallest absolute Gasteiger partial charge is 0.00814 e. The second-order valence-corrected chi connectivity index (χ2v) is 8.28. The Bertz CT molecular complexity index is 451. The van der Waals surface area contributed by atoms with Gasteiger partial charge in [-0.05, 0) is 27.5 Å². The van der Waals surface area contributed by atoms with Crippen molar-refractivity contribution in [1.82, 2.24) is 0 Å². The molecule has 0 aromatic heterocycles. The van der Waals surface area contributed by atoms with Gasteiger partial charge in [0, 0.05) is 5.41 Å². The molecular formula is C19H30. The lowest BCUT2D eigenvalue weighted by molar-refractivity contribution is 0.486. The van der Waals surface area contributed by atoms with Crippen LogP contribution in [0, 0.1) is 16.2 Å². The molecule has 1 aliphatic rings. The van der Waals surface area contributed by atoms with Crippen LogP contribution in [0.2, 0.25) is 0 Å². The zero-order chi connectivity index (χ0) is 15.1. The van der Waals surface area contributed by atoms with Crippen LogP contribution < -0.4 is 0 Å². The molecule has 1 rings (SSSR count). The fraction of sp³-hybridized carbons (Fsp3) is 0.579. The van der Waals surface area contributed by atoms with Gasteiger partial charge in [-0.15, -0.1) is 0 Å². The Morgan fingerprint density at radius 1 is 1.05 bits per heavy atom. The lowest BCUT2D eigenvalue weighted by Crippen LogP contribution is -2.20. The summed E-state index contributed by atoms with van der Waals surface area (Å²) in [5, 5.41) is 0. The van der Waals surface area contributed by atoms with Gasteiger partial charge < -0.3 is 0 Å². The van der Waals surface area contributed by atoms with E-state index >= 15 is 0 Å². The van der Waals surface area contributed by atoms with Gasteiger partial charge in [0.2, 0.25) is 0 Å². The molecule has 0 spiro atoms. The molecule has 0 aromatic rings. The Labute approximate surface area is 120 Å². The number of allylic oxidation sites excluding steroid dienone is 7.